The maximum atomic E-state index is 12.6. The summed E-state index contributed by atoms with van der Waals surface area (Å²) in [6.07, 6.45) is -0.855. The zero-order valence-electron chi connectivity index (χ0n) is 9.95. The van der Waals surface area contributed by atoms with E-state index in [-0.39, 0.29) is 0 Å². The van der Waals surface area contributed by atoms with Crippen molar-refractivity contribution in [2.75, 3.05) is 0 Å². The van der Waals surface area contributed by atoms with Gasteiger partial charge in [0, 0.05) is 0 Å². The molecule has 1 heterocycles. The van der Waals surface area contributed by atoms with Gasteiger partial charge in [0.1, 0.15) is 0 Å². The van der Waals surface area contributed by atoms with Crippen LogP contribution in [0.1, 0.15) is 22.7 Å². The van der Waals surface area contributed by atoms with Gasteiger partial charge < -0.3 is 4.42 Å². The van der Waals surface area contributed by atoms with Gasteiger partial charge in [0.05, 0.1) is 24.1 Å². The van der Waals surface area contributed by atoms with Crippen molar-refractivity contribution in [2.45, 2.75) is 18.6 Å². The van der Waals surface area contributed by atoms with E-state index in [1.54, 1.807) is 12.1 Å². The molecule has 1 unspecified atom stereocenters. The van der Waals surface area contributed by atoms with Gasteiger partial charge in [0.15, 0.2) is 0 Å². The molecule has 0 saturated carbocycles. The molecule has 6 heteroatoms. The summed E-state index contributed by atoms with van der Waals surface area (Å²) >= 11 is 0. The second kappa shape index (κ2) is 5.46. The molecule has 0 spiro atoms. The Bertz CT molecular complexity index is 523. The molecule has 3 nitrogen and oxygen atoms in total. The molecular weight excluding hydrogens is 257 g/mol. The normalized spacial score (nSPS) is 13.5. The van der Waals surface area contributed by atoms with Crippen molar-refractivity contribution in [3.63, 3.8) is 0 Å². The highest BCUT2D eigenvalue weighted by molar-refractivity contribution is 5.29. The van der Waals surface area contributed by atoms with Crippen molar-refractivity contribution in [1.82, 2.24) is 5.43 Å². The van der Waals surface area contributed by atoms with Gasteiger partial charge in [-0.05, 0) is 35.7 Å². The van der Waals surface area contributed by atoms with Crippen molar-refractivity contribution in [1.29, 1.82) is 0 Å². The van der Waals surface area contributed by atoms with Gasteiger partial charge in [-0.15, -0.1) is 0 Å². The van der Waals surface area contributed by atoms with E-state index in [0.717, 1.165) is 17.7 Å². The molecule has 1 atom stereocenters. The maximum absolute atomic E-state index is 12.6. The summed E-state index contributed by atoms with van der Waals surface area (Å²) in [6, 6.07) is 6.47. The summed E-state index contributed by atoms with van der Waals surface area (Å²) in [4.78, 5) is 0. The third-order valence-electron chi connectivity index (χ3n) is 2.84. The van der Waals surface area contributed by atoms with E-state index < -0.39 is 17.8 Å². The van der Waals surface area contributed by atoms with Crippen LogP contribution >= 0.6 is 0 Å². The van der Waals surface area contributed by atoms with Gasteiger partial charge in [-0.1, -0.05) is 12.1 Å². The minimum atomic E-state index is -4.36. The van der Waals surface area contributed by atoms with Crippen LogP contribution in [0.25, 0.3) is 0 Å². The van der Waals surface area contributed by atoms with Crippen LogP contribution in [0.3, 0.4) is 0 Å². The third-order valence-corrected chi connectivity index (χ3v) is 2.84. The van der Waals surface area contributed by atoms with Crippen molar-refractivity contribution in [3.05, 3.63) is 59.5 Å². The number of hydrazine groups is 1. The summed E-state index contributed by atoms with van der Waals surface area (Å²) in [5.41, 5.74) is 3.19. The molecular formula is C13H13F3N2O. The molecule has 1 aromatic carbocycles. The summed E-state index contributed by atoms with van der Waals surface area (Å²) < 4.78 is 42.9. The average molecular weight is 270 g/mol. The van der Waals surface area contributed by atoms with Crippen LogP contribution in [0.4, 0.5) is 13.2 Å². The second-order valence-electron chi connectivity index (χ2n) is 4.18. The first-order valence-electron chi connectivity index (χ1n) is 5.65. The van der Waals surface area contributed by atoms with Crippen molar-refractivity contribution in [3.8, 4) is 0 Å². The van der Waals surface area contributed by atoms with Crippen LogP contribution in [0.2, 0.25) is 0 Å². The zero-order valence-corrected chi connectivity index (χ0v) is 9.95. The van der Waals surface area contributed by atoms with Gasteiger partial charge in [-0.3, -0.25) is 11.3 Å². The minimum absolute atomic E-state index is 0.403. The number of alkyl halides is 3. The second-order valence-corrected chi connectivity index (χ2v) is 4.18. The molecule has 0 radical (unpaired) electrons. The first-order valence-corrected chi connectivity index (χ1v) is 5.65. The lowest BCUT2D eigenvalue weighted by molar-refractivity contribution is -0.137. The summed E-state index contributed by atoms with van der Waals surface area (Å²) in [5.74, 6) is 5.42. The Morgan fingerprint density at radius 2 is 2.05 bits per heavy atom. The van der Waals surface area contributed by atoms with Crippen LogP contribution in [-0.2, 0) is 12.6 Å². The van der Waals surface area contributed by atoms with Crippen LogP contribution in [0.5, 0.6) is 0 Å². The van der Waals surface area contributed by atoms with Gasteiger partial charge in [0.25, 0.3) is 0 Å². The highest BCUT2D eigenvalue weighted by Crippen LogP contribution is 2.31. The van der Waals surface area contributed by atoms with E-state index in [1.165, 1.54) is 18.6 Å². The molecule has 3 N–H and O–H groups in total. The molecule has 2 aromatic rings. The topological polar surface area (TPSA) is 51.2 Å². The summed E-state index contributed by atoms with van der Waals surface area (Å²) in [7, 11) is 0. The van der Waals surface area contributed by atoms with E-state index in [9.17, 15) is 13.2 Å². The number of hydrogen-bond acceptors (Lipinski definition) is 3. The van der Waals surface area contributed by atoms with Gasteiger partial charge in [-0.25, -0.2) is 0 Å². The standard InChI is InChI=1S/C13H13F3N2O/c14-13(15,16)11-3-1-2-10(7-11)12(18-17)6-9-4-5-19-8-9/h1-5,7-8,12,18H,6,17H2. The largest absolute Gasteiger partial charge is 0.472 e. The van der Waals surface area contributed by atoms with Gasteiger partial charge in [-0.2, -0.15) is 13.2 Å². The Morgan fingerprint density at radius 1 is 1.26 bits per heavy atom. The fourth-order valence-electron chi connectivity index (χ4n) is 1.85. The quantitative estimate of drug-likeness (QED) is 0.663. The molecule has 2 rings (SSSR count). The molecule has 0 aliphatic rings. The van der Waals surface area contributed by atoms with Crippen LogP contribution in [-0.4, -0.2) is 0 Å². The predicted octanol–water partition coefficient (Wildman–Crippen LogP) is 3.05. The SMILES string of the molecule is NNC(Cc1ccoc1)c1cccc(C(F)(F)F)c1. The third kappa shape index (κ3) is 3.36. The number of rotatable bonds is 4. The molecule has 0 aliphatic carbocycles. The predicted molar refractivity (Wildman–Crippen MR) is 63.9 cm³/mol. The molecule has 0 aliphatic heterocycles. The molecule has 0 bridgehead atoms. The Morgan fingerprint density at radius 3 is 2.63 bits per heavy atom. The van der Waals surface area contributed by atoms with Crippen molar-refractivity contribution in [2.24, 2.45) is 5.84 Å². The Labute approximate surface area is 108 Å². The lowest BCUT2D eigenvalue weighted by atomic mass is 9.99. The molecule has 1 aromatic heterocycles. The first-order chi connectivity index (χ1) is 9.00. The first kappa shape index (κ1) is 13.6. The molecule has 0 saturated heterocycles. The average Bonchev–Trinajstić information content (AvgIpc) is 2.88. The minimum Gasteiger partial charge on any atom is -0.472 e. The smallest absolute Gasteiger partial charge is 0.416 e. The van der Waals surface area contributed by atoms with Gasteiger partial charge >= 0.3 is 6.18 Å². The molecule has 102 valence electrons. The number of halogens is 3. The molecule has 0 fully saturated rings. The van der Waals surface area contributed by atoms with Crippen molar-refractivity contribution >= 4 is 0 Å². The lowest BCUT2D eigenvalue weighted by Gasteiger charge is -2.17. The number of furan rings is 1. The number of benzene rings is 1. The molecule has 19 heavy (non-hydrogen) atoms. The van der Waals surface area contributed by atoms with E-state index in [2.05, 4.69) is 5.43 Å². The highest BCUT2D eigenvalue weighted by Gasteiger charge is 2.30. The number of nitrogens with two attached hydrogens (primary N) is 1. The van der Waals surface area contributed by atoms with E-state index in [4.69, 9.17) is 10.3 Å². The lowest BCUT2D eigenvalue weighted by Crippen LogP contribution is -2.29. The zero-order chi connectivity index (χ0) is 13.9. The fourth-order valence-corrected chi connectivity index (χ4v) is 1.85. The van der Waals surface area contributed by atoms with E-state index in [1.807, 2.05) is 0 Å². The van der Waals surface area contributed by atoms with E-state index >= 15 is 0 Å². The summed E-state index contributed by atoms with van der Waals surface area (Å²) in [6.45, 7) is 0. The van der Waals surface area contributed by atoms with E-state index in [0.29, 0.717) is 12.0 Å². The Balaban J connectivity index is 2.23. The molecule has 0 amide bonds. The monoisotopic (exact) mass is 270 g/mol. The van der Waals surface area contributed by atoms with Crippen LogP contribution in [0, 0.1) is 0 Å². The Kier molecular flexibility index (Phi) is 3.92. The fraction of sp³-hybridized carbons (Fsp3) is 0.231. The summed E-state index contributed by atoms with van der Waals surface area (Å²) in [5, 5.41) is 0. The Hall–Kier alpha value is -1.79. The highest BCUT2D eigenvalue weighted by atomic mass is 19.4. The van der Waals surface area contributed by atoms with Crippen LogP contribution < -0.4 is 11.3 Å². The number of nitrogens with one attached hydrogen (secondary N) is 1. The van der Waals surface area contributed by atoms with Crippen molar-refractivity contribution < 1.29 is 17.6 Å². The van der Waals surface area contributed by atoms with Crippen LogP contribution in [0.15, 0.2) is 47.3 Å². The maximum Gasteiger partial charge on any atom is 0.416 e. The number of hydrogen-bond donors (Lipinski definition) is 2. The van der Waals surface area contributed by atoms with Gasteiger partial charge in [0.2, 0.25) is 0 Å².